The normalized spacial score (nSPS) is 11.8. The number of pyridine rings is 1. The molecule has 0 spiro atoms. The average Bonchev–Trinajstić information content (AvgIpc) is 2.74. The Labute approximate surface area is 120 Å². The number of alkyl halides is 3. The summed E-state index contributed by atoms with van der Waals surface area (Å²) < 4.78 is 54.9. The molecule has 114 valence electrons. The van der Waals surface area contributed by atoms with E-state index in [0.717, 1.165) is 18.3 Å². The molecule has 0 saturated heterocycles. The van der Waals surface area contributed by atoms with E-state index in [1.54, 1.807) is 0 Å². The van der Waals surface area contributed by atoms with Crippen LogP contribution in [0.3, 0.4) is 0 Å². The van der Waals surface area contributed by atoms with Crippen LogP contribution in [0.5, 0.6) is 5.75 Å². The highest BCUT2D eigenvalue weighted by Crippen LogP contribution is 2.26. The van der Waals surface area contributed by atoms with Gasteiger partial charge in [0.05, 0.1) is 23.8 Å². The first kappa shape index (κ1) is 14.0. The van der Waals surface area contributed by atoms with Gasteiger partial charge in [-0.25, -0.2) is 13.9 Å². The van der Waals surface area contributed by atoms with Crippen LogP contribution in [0.2, 0.25) is 0 Å². The molecular weight excluding hydrogens is 306 g/mol. The summed E-state index contributed by atoms with van der Waals surface area (Å²) in [5.41, 5.74) is 5.94. The fraction of sp³-hybridized carbons (Fsp3) is 0.0833. The quantitative estimate of drug-likeness (QED) is 0.735. The number of hydrogen-bond donors (Lipinski definition) is 1. The maximum atomic E-state index is 13.8. The first-order valence-electron chi connectivity index (χ1n) is 5.85. The molecular formula is C12H7F4N5O. The van der Waals surface area contributed by atoms with Crippen LogP contribution in [0, 0.1) is 5.82 Å². The summed E-state index contributed by atoms with van der Waals surface area (Å²) in [5.74, 6) is -1.17. The average molecular weight is 313 g/mol. The number of anilines is 1. The van der Waals surface area contributed by atoms with Gasteiger partial charge in [-0.2, -0.15) is 0 Å². The molecule has 0 saturated carbocycles. The van der Waals surface area contributed by atoms with Gasteiger partial charge in [-0.1, -0.05) is 0 Å². The Morgan fingerprint density at radius 2 is 1.91 bits per heavy atom. The molecule has 3 aromatic heterocycles. The summed E-state index contributed by atoms with van der Waals surface area (Å²) in [7, 11) is 0. The van der Waals surface area contributed by atoms with Gasteiger partial charge in [0.25, 0.3) is 0 Å². The number of aromatic nitrogens is 4. The minimum absolute atomic E-state index is 0.0709. The van der Waals surface area contributed by atoms with Gasteiger partial charge in [-0.3, -0.25) is 4.98 Å². The summed E-state index contributed by atoms with van der Waals surface area (Å²) in [4.78, 5) is 7.48. The van der Waals surface area contributed by atoms with Crippen molar-refractivity contribution in [1.29, 1.82) is 0 Å². The van der Waals surface area contributed by atoms with Crippen molar-refractivity contribution >= 4 is 11.5 Å². The zero-order valence-electron chi connectivity index (χ0n) is 10.7. The highest BCUT2D eigenvalue weighted by Gasteiger charge is 2.31. The number of nitrogens with zero attached hydrogens (tertiary/aromatic N) is 4. The molecule has 3 rings (SSSR count). The Bertz CT molecular complexity index is 828. The maximum absolute atomic E-state index is 13.8. The molecule has 2 N–H and O–H groups in total. The predicted octanol–water partition coefficient (Wildman–Crippen LogP) is 2.41. The number of halogens is 4. The molecule has 0 atom stereocenters. The zero-order chi connectivity index (χ0) is 15.9. The fourth-order valence-corrected chi connectivity index (χ4v) is 1.87. The van der Waals surface area contributed by atoms with Crippen molar-refractivity contribution in [2.45, 2.75) is 6.36 Å². The Morgan fingerprint density at radius 1 is 1.14 bits per heavy atom. The van der Waals surface area contributed by atoms with E-state index in [0.29, 0.717) is 0 Å². The van der Waals surface area contributed by atoms with Gasteiger partial charge in [0.2, 0.25) is 5.95 Å². The first-order chi connectivity index (χ1) is 10.3. The molecule has 0 aromatic carbocycles. The van der Waals surface area contributed by atoms with Crippen molar-refractivity contribution in [2.24, 2.45) is 0 Å². The van der Waals surface area contributed by atoms with Crippen molar-refractivity contribution in [1.82, 2.24) is 19.6 Å². The summed E-state index contributed by atoms with van der Waals surface area (Å²) in [6, 6.07) is 3.45. The summed E-state index contributed by atoms with van der Waals surface area (Å²) in [6.07, 6.45) is -2.73. The van der Waals surface area contributed by atoms with Crippen LogP contribution in [-0.4, -0.2) is 25.9 Å². The largest absolute Gasteiger partial charge is 0.573 e. The minimum atomic E-state index is -4.81. The molecule has 3 heterocycles. The van der Waals surface area contributed by atoms with E-state index in [4.69, 9.17) is 5.73 Å². The van der Waals surface area contributed by atoms with Crippen molar-refractivity contribution < 1.29 is 22.3 Å². The van der Waals surface area contributed by atoms with E-state index in [-0.39, 0.29) is 22.9 Å². The van der Waals surface area contributed by atoms with Crippen molar-refractivity contribution in [3.8, 4) is 17.1 Å². The molecule has 6 nitrogen and oxygen atoms in total. The first-order valence-corrected chi connectivity index (χ1v) is 5.85. The van der Waals surface area contributed by atoms with E-state index in [2.05, 4.69) is 19.8 Å². The molecule has 10 heteroatoms. The van der Waals surface area contributed by atoms with Crippen LogP contribution >= 0.6 is 0 Å². The van der Waals surface area contributed by atoms with Crippen LogP contribution in [0.15, 0.2) is 30.6 Å². The Morgan fingerprint density at radius 3 is 2.55 bits per heavy atom. The molecule has 0 fully saturated rings. The molecule has 3 aromatic rings. The highest BCUT2D eigenvalue weighted by atomic mass is 19.4. The molecule has 0 radical (unpaired) electrons. The summed E-state index contributed by atoms with van der Waals surface area (Å²) in [6.45, 7) is 0. The van der Waals surface area contributed by atoms with E-state index >= 15 is 0 Å². The van der Waals surface area contributed by atoms with Gasteiger partial charge in [0.1, 0.15) is 11.3 Å². The number of hydrogen-bond acceptors (Lipinski definition) is 5. The third kappa shape index (κ3) is 2.62. The molecule has 0 aliphatic heterocycles. The van der Waals surface area contributed by atoms with Gasteiger partial charge in [0.15, 0.2) is 5.82 Å². The topological polar surface area (TPSA) is 78.3 Å². The molecule has 22 heavy (non-hydrogen) atoms. The van der Waals surface area contributed by atoms with Crippen LogP contribution in [0.4, 0.5) is 23.5 Å². The molecule has 0 aliphatic carbocycles. The van der Waals surface area contributed by atoms with Gasteiger partial charge >= 0.3 is 6.36 Å². The lowest BCUT2D eigenvalue weighted by molar-refractivity contribution is -0.274. The Kier molecular flexibility index (Phi) is 3.08. The highest BCUT2D eigenvalue weighted by molar-refractivity contribution is 5.64. The predicted molar refractivity (Wildman–Crippen MR) is 67.3 cm³/mol. The second-order valence-electron chi connectivity index (χ2n) is 4.22. The SMILES string of the molecule is Nc1ncc2c(F)cc(-c3ccc(OC(F)(F)F)cn3)n2n1. The third-order valence-electron chi connectivity index (χ3n) is 2.72. The van der Waals surface area contributed by atoms with E-state index in [1.165, 1.54) is 16.8 Å². The number of fused-ring (bicyclic) bond motifs is 1. The van der Waals surface area contributed by atoms with Crippen molar-refractivity contribution in [3.05, 3.63) is 36.4 Å². The third-order valence-corrected chi connectivity index (χ3v) is 2.72. The van der Waals surface area contributed by atoms with Gasteiger partial charge in [-0.05, 0) is 12.1 Å². The van der Waals surface area contributed by atoms with Gasteiger partial charge in [0, 0.05) is 6.07 Å². The number of ether oxygens (including phenoxy) is 1. The van der Waals surface area contributed by atoms with Crippen LogP contribution in [0.25, 0.3) is 16.9 Å². The lowest BCUT2D eigenvalue weighted by Gasteiger charge is -2.08. The minimum Gasteiger partial charge on any atom is -0.404 e. The molecule has 0 bridgehead atoms. The molecule has 0 aliphatic rings. The van der Waals surface area contributed by atoms with Crippen molar-refractivity contribution in [3.63, 3.8) is 0 Å². The number of nitrogens with two attached hydrogens (primary N) is 1. The van der Waals surface area contributed by atoms with Crippen LogP contribution in [0.1, 0.15) is 0 Å². The van der Waals surface area contributed by atoms with Gasteiger partial charge < -0.3 is 10.5 Å². The number of rotatable bonds is 2. The molecule has 0 unspecified atom stereocenters. The molecule has 0 amide bonds. The van der Waals surface area contributed by atoms with E-state index < -0.39 is 17.9 Å². The van der Waals surface area contributed by atoms with Crippen molar-refractivity contribution in [2.75, 3.05) is 5.73 Å². The van der Waals surface area contributed by atoms with Crippen LogP contribution in [-0.2, 0) is 0 Å². The Hall–Kier alpha value is -2.91. The standard InChI is InChI=1S/C12H7F4N5O/c13-7-3-9(21-10(7)5-19-11(17)20-21)8-2-1-6(4-18-8)22-12(14,15)16/h1-5H,(H2,17,20). The van der Waals surface area contributed by atoms with Crippen LogP contribution < -0.4 is 10.5 Å². The number of nitrogen functional groups attached to an aromatic ring is 1. The zero-order valence-corrected chi connectivity index (χ0v) is 10.7. The van der Waals surface area contributed by atoms with E-state index in [1.807, 2.05) is 0 Å². The van der Waals surface area contributed by atoms with E-state index in [9.17, 15) is 17.6 Å². The second kappa shape index (κ2) is 4.83. The second-order valence-corrected chi connectivity index (χ2v) is 4.22. The summed E-state index contributed by atoms with van der Waals surface area (Å²) >= 11 is 0. The lowest BCUT2D eigenvalue weighted by Crippen LogP contribution is -2.17. The maximum Gasteiger partial charge on any atom is 0.573 e. The van der Waals surface area contributed by atoms with Gasteiger partial charge in [-0.15, -0.1) is 18.3 Å². The monoisotopic (exact) mass is 313 g/mol. The smallest absolute Gasteiger partial charge is 0.404 e. The Balaban J connectivity index is 2.03. The summed E-state index contributed by atoms with van der Waals surface area (Å²) in [5, 5.41) is 3.85. The fourth-order valence-electron chi connectivity index (χ4n) is 1.87. The lowest BCUT2D eigenvalue weighted by atomic mass is 10.3.